The molecule has 2 aromatic rings. The Labute approximate surface area is 187 Å². The van der Waals surface area contributed by atoms with Gasteiger partial charge >= 0.3 is 0 Å². The van der Waals surface area contributed by atoms with E-state index >= 15 is 0 Å². The minimum Gasteiger partial charge on any atom is -0.377 e. The number of sulfonamides is 1. The number of hydrogen-bond acceptors (Lipinski definition) is 4. The fraction of sp³-hybridized carbons (Fsp3) is 0.381. The van der Waals surface area contributed by atoms with Crippen LogP contribution in [0.3, 0.4) is 0 Å². The quantitative estimate of drug-likeness (QED) is 0.600. The fourth-order valence-electron chi connectivity index (χ4n) is 3.29. The topological polar surface area (TPSA) is 84.5 Å². The number of carbonyl (C=O) groups is 1. The van der Waals surface area contributed by atoms with Gasteiger partial charge in [-0.3, -0.25) is 4.79 Å². The van der Waals surface area contributed by atoms with Crippen molar-refractivity contribution < 1.29 is 17.9 Å². The minimum atomic E-state index is -3.88. The van der Waals surface area contributed by atoms with Crippen LogP contribution >= 0.6 is 23.2 Å². The zero-order valence-corrected chi connectivity index (χ0v) is 18.9. The molecule has 1 aliphatic heterocycles. The van der Waals surface area contributed by atoms with E-state index in [1.807, 2.05) is 19.1 Å². The van der Waals surface area contributed by atoms with Crippen LogP contribution < -0.4 is 10.0 Å². The molecule has 1 saturated heterocycles. The standard InChI is InChI=1S/C21H24Cl2N2O4S/c1-2-19(14-5-8-16(22)9-6-14)25-21(26)15-7-10-18(23)20(12-15)30(27,28)24-13-17-4-3-11-29-17/h5-10,12,17,19,24H,2-4,11,13H2,1H3,(H,25,26). The Morgan fingerprint density at radius 2 is 1.93 bits per heavy atom. The largest absolute Gasteiger partial charge is 0.377 e. The third-order valence-electron chi connectivity index (χ3n) is 4.99. The first-order valence-corrected chi connectivity index (χ1v) is 12.0. The third kappa shape index (κ3) is 5.74. The maximum atomic E-state index is 12.8. The predicted octanol–water partition coefficient (Wildman–Crippen LogP) is 4.33. The van der Waals surface area contributed by atoms with Gasteiger partial charge in [-0.2, -0.15) is 0 Å². The van der Waals surface area contributed by atoms with Gasteiger partial charge in [0.05, 0.1) is 17.2 Å². The van der Waals surface area contributed by atoms with Gasteiger partial charge in [0.25, 0.3) is 5.91 Å². The molecule has 0 saturated carbocycles. The van der Waals surface area contributed by atoms with Crippen molar-refractivity contribution in [3.63, 3.8) is 0 Å². The Kier molecular flexibility index (Phi) is 7.76. The van der Waals surface area contributed by atoms with Crippen molar-refractivity contribution in [2.24, 2.45) is 0 Å². The lowest BCUT2D eigenvalue weighted by molar-refractivity contribution is 0.0935. The first kappa shape index (κ1) is 23.0. The molecule has 0 aliphatic carbocycles. The molecule has 1 amide bonds. The van der Waals surface area contributed by atoms with Crippen molar-refractivity contribution in [2.75, 3.05) is 13.2 Å². The first-order valence-electron chi connectivity index (χ1n) is 9.77. The normalized spacial score (nSPS) is 17.6. The second-order valence-corrected chi connectivity index (χ2v) is 9.70. The summed E-state index contributed by atoms with van der Waals surface area (Å²) in [5.74, 6) is -0.385. The molecule has 2 N–H and O–H groups in total. The van der Waals surface area contributed by atoms with E-state index in [9.17, 15) is 13.2 Å². The summed E-state index contributed by atoms with van der Waals surface area (Å²) >= 11 is 12.1. The average Bonchev–Trinajstić information content (AvgIpc) is 3.25. The lowest BCUT2D eigenvalue weighted by Crippen LogP contribution is -2.32. The SMILES string of the molecule is CCC(NC(=O)c1ccc(Cl)c(S(=O)(=O)NCC2CCCO2)c1)c1ccc(Cl)cc1. The lowest BCUT2D eigenvalue weighted by atomic mass is 10.0. The minimum absolute atomic E-state index is 0.0520. The molecule has 9 heteroatoms. The number of nitrogens with one attached hydrogen (secondary N) is 2. The van der Waals surface area contributed by atoms with Gasteiger partial charge < -0.3 is 10.1 Å². The molecule has 162 valence electrons. The highest BCUT2D eigenvalue weighted by molar-refractivity contribution is 7.89. The summed E-state index contributed by atoms with van der Waals surface area (Å²) in [5, 5.41) is 3.60. The highest BCUT2D eigenvalue weighted by atomic mass is 35.5. The molecule has 0 spiro atoms. The molecule has 6 nitrogen and oxygen atoms in total. The molecule has 2 aromatic carbocycles. The summed E-state index contributed by atoms with van der Waals surface area (Å²) in [6.45, 7) is 2.75. The van der Waals surface area contributed by atoms with E-state index in [1.165, 1.54) is 18.2 Å². The van der Waals surface area contributed by atoms with Crippen LogP contribution in [0.5, 0.6) is 0 Å². The third-order valence-corrected chi connectivity index (χ3v) is 7.15. The summed E-state index contributed by atoms with van der Waals surface area (Å²) in [6, 6.07) is 11.2. The lowest BCUT2D eigenvalue weighted by Gasteiger charge is -2.18. The fourth-order valence-corrected chi connectivity index (χ4v) is 5.01. The van der Waals surface area contributed by atoms with E-state index in [2.05, 4.69) is 10.0 Å². The summed E-state index contributed by atoms with van der Waals surface area (Å²) in [6.07, 6.45) is 2.24. The van der Waals surface area contributed by atoms with Gasteiger partial charge in [0.15, 0.2) is 0 Å². The molecule has 30 heavy (non-hydrogen) atoms. The first-order chi connectivity index (χ1) is 14.3. The maximum Gasteiger partial charge on any atom is 0.251 e. The maximum absolute atomic E-state index is 12.8. The van der Waals surface area contributed by atoms with E-state index in [0.717, 1.165) is 18.4 Å². The molecular weight excluding hydrogens is 447 g/mol. The van der Waals surface area contributed by atoms with E-state index in [4.69, 9.17) is 27.9 Å². The highest BCUT2D eigenvalue weighted by Crippen LogP contribution is 2.24. The highest BCUT2D eigenvalue weighted by Gasteiger charge is 2.24. The molecule has 1 heterocycles. The Bertz CT molecular complexity index is 991. The molecule has 0 radical (unpaired) electrons. The number of amides is 1. The van der Waals surface area contributed by atoms with Gasteiger partial charge in [-0.15, -0.1) is 0 Å². The molecular formula is C21H24Cl2N2O4S. The number of rotatable bonds is 8. The van der Waals surface area contributed by atoms with E-state index in [0.29, 0.717) is 18.1 Å². The smallest absolute Gasteiger partial charge is 0.251 e. The second kappa shape index (κ2) is 10.1. The monoisotopic (exact) mass is 470 g/mol. The Balaban J connectivity index is 1.75. The van der Waals surface area contributed by atoms with Crippen LogP contribution in [-0.2, 0) is 14.8 Å². The Morgan fingerprint density at radius 3 is 2.57 bits per heavy atom. The van der Waals surface area contributed by atoms with E-state index in [-0.39, 0.29) is 40.1 Å². The molecule has 0 bridgehead atoms. The van der Waals surface area contributed by atoms with Crippen molar-refractivity contribution in [1.82, 2.24) is 10.0 Å². The van der Waals surface area contributed by atoms with Gasteiger partial charge in [-0.25, -0.2) is 13.1 Å². The molecule has 1 aliphatic rings. The molecule has 0 aromatic heterocycles. The van der Waals surface area contributed by atoms with Crippen LogP contribution in [0.2, 0.25) is 10.0 Å². The number of halogens is 2. The number of carbonyl (C=O) groups excluding carboxylic acids is 1. The summed E-state index contributed by atoms with van der Waals surface area (Å²) in [4.78, 5) is 12.7. The van der Waals surface area contributed by atoms with Crippen molar-refractivity contribution >= 4 is 39.1 Å². The molecule has 2 unspecified atom stereocenters. The average molecular weight is 471 g/mol. The van der Waals surface area contributed by atoms with Crippen LogP contribution in [0, 0.1) is 0 Å². The van der Waals surface area contributed by atoms with Crippen LogP contribution in [-0.4, -0.2) is 33.6 Å². The second-order valence-electron chi connectivity index (χ2n) is 7.12. The van der Waals surface area contributed by atoms with Crippen molar-refractivity contribution in [3.8, 4) is 0 Å². The van der Waals surface area contributed by atoms with Gasteiger partial charge in [-0.05, 0) is 55.2 Å². The van der Waals surface area contributed by atoms with Gasteiger partial charge in [0.2, 0.25) is 10.0 Å². The predicted molar refractivity (Wildman–Crippen MR) is 118 cm³/mol. The van der Waals surface area contributed by atoms with E-state index in [1.54, 1.807) is 12.1 Å². The van der Waals surface area contributed by atoms with Gasteiger partial charge in [0, 0.05) is 23.7 Å². The van der Waals surface area contributed by atoms with Gasteiger partial charge in [0.1, 0.15) is 4.90 Å². The number of ether oxygens (including phenoxy) is 1. The summed E-state index contributed by atoms with van der Waals surface area (Å²) in [5.41, 5.74) is 1.12. The molecule has 2 atom stereocenters. The summed E-state index contributed by atoms with van der Waals surface area (Å²) < 4.78 is 33.4. The zero-order valence-electron chi connectivity index (χ0n) is 16.5. The Hall–Kier alpha value is -1.64. The van der Waals surface area contributed by atoms with Crippen molar-refractivity contribution in [3.05, 3.63) is 63.6 Å². The van der Waals surface area contributed by atoms with Crippen LogP contribution in [0.1, 0.15) is 48.1 Å². The van der Waals surface area contributed by atoms with Crippen molar-refractivity contribution in [2.45, 2.75) is 43.2 Å². The number of hydrogen-bond donors (Lipinski definition) is 2. The van der Waals surface area contributed by atoms with Crippen LogP contribution in [0.25, 0.3) is 0 Å². The molecule has 3 rings (SSSR count). The van der Waals surface area contributed by atoms with Crippen LogP contribution in [0.15, 0.2) is 47.4 Å². The Morgan fingerprint density at radius 1 is 1.20 bits per heavy atom. The number of benzene rings is 2. The van der Waals surface area contributed by atoms with Crippen LogP contribution in [0.4, 0.5) is 0 Å². The zero-order chi connectivity index (χ0) is 21.7. The van der Waals surface area contributed by atoms with E-state index < -0.39 is 10.0 Å². The van der Waals surface area contributed by atoms with Crippen molar-refractivity contribution in [1.29, 1.82) is 0 Å². The summed E-state index contributed by atoms with van der Waals surface area (Å²) in [7, 11) is -3.88. The molecule has 1 fully saturated rings. The van der Waals surface area contributed by atoms with Gasteiger partial charge in [-0.1, -0.05) is 42.3 Å².